The van der Waals surface area contributed by atoms with Crippen LogP contribution in [0.5, 0.6) is 0 Å². The van der Waals surface area contributed by atoms with E-state index in [0.29, 0.717) is 25.1 Å². The van der Waals surface area contributed by atoms with Gasteiger partial charge in [0, 0.05) is 24.3 Å². The molecule has 2 amide bonds. The molecule has 1 N–H and O–H groups in total. The molecular formula is C19H17F3N2O2. The summed E-state index contributed by atoms with van der Waals surface area (Å²) in [7, 11) is 0. The minimum absolute atomic E-state index is 0.0449. The molecule has 1 atom stereocenters. The molecular weight excluding hydrogens is 345 g/mol. The number of nitrogens with zero attached hydrogens (tertiary/aromatic N) is 1. The SMILES string of the molecule is O=C(Nc1ccc(F)cc1)C1CCCN(C(=O)c2ccc(F)c(F)c2)C1. The van der Waals surface area contributed by atoms with E-state index in [-0.39, 0.29) is 18.0 Å². The third-order valence-electron chi connectivity index (χ3n) is 4.36. The first-order chi connectivity index (χ1) is 12.4. The molecule has 0 aliphatic carbocycles. The van der Waals surface area contributed by atoms with Crippen LogP contribution in [0.2, 0.25) is 0 Å². The zero-order valence-electron chi connectivity index (χ0n) is 13.8. The Bertz CT molecular complexity index is 824. The van der Waals surface area contributed by atoms with Crippen molar-refractivity contribution in [3.05, 3.63) is 65.5 Å². The van der Waals surface area contributed by atoms with Crippen LogP contribution in [0, 0.1) is 23.4 Å². The average molecular weight is 362 g/mol. The first kappa shape index (κ1) is 18.0. The molecule has 1 fully saturated rings. The van der Waals surface area contributed by atoms with Gasteiger partial charge in [-0.2, -0.15) is 0 Å². The zero-order chi connectivity index (χ0) is 18.7. The van der Waals surface area contributed by atoms with Crippen LogP contribution in [0.15, 0.2) is 42.5 Å². The molecule has 1 aliphatic heterocycles. The molecule has 2 aromatic carbocycles. The fourth-order valence-corrected chi connectivity index (χ4v) is 2.96. The van der Waals surface area contributed by atoms with Gasteiger partial charge in [-0.1, -0.05) is 0 Å². The summed E-state index contributed by atoms with van der Waals surface area (Å²) in [4.78, 5) is 26.4. The first-order valence-electron chi connectivity index (χ1n) is 8.25. The van der Waals surface area contributed by atoms with Gasteiger partial charge in [-0.05, 0) is 55.3 Å². The average Bonchev–Trinajstić information content (AvgIpc) is 2.65. The quantitative estimate of drug-likeness (QED) is 0.907. The van der Waals surface area contributed by atoms with E-state index in [2.05, 4.69) is 5.32 Å². The highest BCUT2D eigenvalue weighted by Crippen LogP contribution is 2.21. The molecule has 4 nitrogen and oxygen atoms in total. The minimum atomic E-state index is -1.08. The van der Waals surface area contributed by atoms with Gasteiger partial charge in [0.25, 0.3) is 5.91 Å². The summed E-state index contributed by atoms with van der Waals surface area (Å²) >= 11 is 0. The molecule has 0 spiro atoms. The van der Waals surface area contributed by atoms with Crippen LogP contribution in [-0.2, 0) is 4.79 Å². The van der Waals surface area contributed by atoms with E-state index in [9.17, 15) is 22.8 Å². The van der Waals surface area contributed by atoms with Gasteiger partial charge in [-0.25, -0.2) is 13.2 Å². The Balaban J connectivity index is 1.66. The molecule has 0 radical (unpaired) electrons. The standard InChI is InChI=1S/C19H17F3N2O2/c20-14-4-6-15(7-5-14)23-18(25)13-2-1-9-24(11-13)19(26)12-3-8-16(21)17(22)10-12/h3-8,10,13H,1-2,9,11H2,(H,23,25). The number of anilines is 1. The number of hydrogen-bond acceptors (Lipinski definition) is 2. The van der Waals surface area contributed by atoms with Gasteiger partial charge < -0.3 is 10.2 Å². The van der Waals surface area contributed by atoms with Gasteiger partial charge in [0.2, 0.25) is 5.91 Å². The number of nitrogens with one attached hydrogen (secondary N) is 1. The lowest BCUT2D eigenvalue weighted by Gasteiger charge is -2.32. The predicted octanol–water partition coefficient (Wildman–Crippen LogP) is 3.59. The zero-order valence-corrected chi connectivity index (χ0v) is 13.8. The van der Waals surface area contributed by atoms with Crippen LogP contribution >= 0.6 is 0 Å². The highest BCUT2D eigenvalue weighted by atomic mass is 19.2. The molecule has 0 aromatic heterocycles. The minimum Gasteiger partial charge on any atom is -0.338 e. The number of carbonyl (C=O) groups is 2. The maximum Gasteiger partial charge on any atom is 0.253 e. The Labute approximate surface area is 148 Å². The van der Waals surface area contributed by atoms with E-state index in [4.69, 9.17) is 0 Å². The highest BCUT2D eigenvalue weighted by molar-refractivity contribution is 5.96. The maximum absolute atomic E-state index is 13.3. The second kappa shape index (κ2) is 7.59. The maximum atomic E-state index is 13.3. The highest BCUT2D eigenvalue weighted by Gasteiger charge is 2.29. The van der Waals surface area contributed by atoms with Crippen molar-refractivity contribution in [1.29, 1.82) is 0 Å². The summed E-state index contributed by atoms with van der Waals surface area (Å²) in [5.74, 6) is -3.63. The van der Waals surface area contributed by atoms with Crippen LogP contribution in [-0.4, -0.2) is 29.8 Å². The second-order valence-corrected chi connectivity index (χ2v) is 6.22. The van der Waals surface area contributed by atoms with Crippen LogP contribution in [0.1, 0.15) is 23.2 Å². The van der Waals surface area contributed by atoms with Crippen LogP contribution in [0.3, 0.4) is 0 Å². The molecule has 3 rings (SSSR count). The number of amides is 2. The Morgan fingerprint density at radius 1 is 1.00 bits per heavy atom. The summed E-state index contributed by atoms with van der Waals surface area (Å²) in [5, 5.41) is 2.70. The van der Waals surface area contributed by atoms with Gasteiger partial charge in [0.05, 0.1) is 5.92 Å². The van der Waals surface area contributed by atoms with Crippen molar-refractivity contribution in [2.24, 2.45) is 5.92 Å². The molecule has 7 heteroatoms. The summed E-state index contributed by atoms with van der Waals surface area (Å²) in [6, 6.07) is 8.40. The molecule has 0 saturated carbocycles. The number of rotatable bonds is 3. The van der Waals surface area contributed by atoms with Crippen molar-refractivity contribution in [2.45, 2.75) is 12.8 Å². The second-order valence-electron chi connectivity index (χ2n) is 6.22. The van der Waals surface area contributed by atoms with Gasteiger partial charge in [0.15, 0.2) is 11.6 Å². The molecule has 1 aliphatic rings. The number of halogens is 3. The van der Waals surface area contributed by atoms with Crippen molar-refractivity contribution < 1.29 is 22.8 Å². The molecule has 1 heterocycles. The Morgan fingerprint density at radius 2 is 1.73 bits per heavy atom. The third-order valence-corrected chi connectivity index (χ3v) is 4.36. The largest absolute Gasteiger partial charge is 0.338 e. The first-order valence-corrected chi connectivity index (χ1v) is 8.25. The number of likely N-dealkylation sites (tertiary alicyclic amines) is 1. The molecule has 0 bridgehead atoms. The summed E-state index contributed by atoms with van der Waals surface area (Å²) in [6.45, 7) is 0.628. The van der Waals surface area contributed by atoms with Crippen molar-refractivity contribution >= 4 is 17.5 Å². The lowest BCUT2D eigenvalue weighted by Crippen LogP contribution is -2.43. The van der Waals surface area contributed by atoms with Crippen molar-refractivity contribution in [3.63, 3.8) is 0 Å². The van der Waals surface area contributed by atoms with Gasteiger partial charge in [0.1, 0.15) is 5.82 Å². The van der Waals surface area contributed by atoms with Crippen LogP contribution in [0.4, 0.5) is 18.9 Å². The fraction of sp³-hybridized carbons (Fsp3) is 0.263. The smallest absolute Gasteiger partial charge is 0.253 e. The van der Waals surface area contributed by atoms with E-state index < -0.39 is 29.3 Å². The van der Waals surface area contributed by atoms with Crippen molar-refractivity contribution in [3.8, 4) is 0 Å². The fourth-order valence-electron chi connectivity index (χ4n) is 2.96. The van der Waals surface area contributed by atoms with E-state index >= 15 is 0 Å². The van der Waals surface area contributed by atoms with Crippen molar-refractivity contribution in [2.75, 3.05) is 18.4 Å². The normalized spacial score (nSPS) is 17.0. The lowest BCUT2D eigenvalue weighted by molar-refractivity contribution is -0.121. The van der Waals surface area contributed by atoms with Gasteiger partial charge in [-0.3, -0.25) is 9.59 Å². The number of carbonyl (C=O) groups excluding carboxylic acids is 2. The summed E-state index contributed by atoms with van der Waals surface area (Å²) in [6.07, 6.45) is 1.23. The number of benzene rings is 2. The van der Waals surface area contributed by atoms with Gasteiger partial charge >= 0.3 is 0 Å². The Hall–Kier alpha value is -2.83. The topological polar surface area (TPSA) is 49.4 Å². The molecule has 2 aromatic rings. The third kappa shape index (κ3) is 4.04. The van der Waals surface area contributed by atoms with E-state index in [0.717, 1.165) is 12.1 Å². The molecule has 136 valence electrons. The Morgan fingerprint density at radius 3 is 2.42 bits per heavy atom. The monoisotopic (exact) mass is 362 g/mol. The lowest BCUT2D eigenvalue weighted by atomic mass is 9.96. The van der Waals surface area contributed by atoms with Crippen LogP contribution in [0.25, 0.3) is 0 Å². The summed E-state index contributed by atoms with van der Waals surface area (Å²) < 4.78 is 39.3. The van der Waals surface area contributed by atoms with Gasteiger partial charge in [-0.15, -0.1) is 0 Å². The van der Waals surface area contributed by atoms with Crippen LogP contribution < -0.4 is 5.32 Å². The Kier molecular flexibility index (Phi) is 5.25. The molecule has 1 unspecified atom stereocenters. The predicted molar refractivity (Wildman–Crippen MR) is 90.0 cm³/mol. The molecule has 1 saturated heterocycles. The van der Waals surface area contributed by atoms with E-state index in [1.165, 1.54) is 35.2 Å². The molecule has 26 heavy (non-hydrogen) atoms. The van der Waals surface area contributed by atoms with E-state index in [1.807, 2.05) is 0 Å². The van der Waals surface area contributed by atoms with Crippen molar-refractivity contribution in [1.82, 2.24) is 4.90 Å². The number of piperidine rings is 1. The number of hydrogen-bond donors (Lipinski definition) is 1. The van der Waals surface area contributed by atoms with E-state index in [1.54, 1.807) is 0 Å². The summed E-state index contributed by atoms with van der Waals surface area (Å²) in [5.41, 5.74) is 0.518.